The quantitative estimate of drug-likeness (QED) is 0.719. The Balaban J connectivity index is 2.54. The van der Waals surface area contributed by atoms with Crippen LogP contribution in [0.3, 0.4) is 0 Å². The molecular weight excluding hydrogens is 227 g/mol. The summed E-state index contributed by atoms with van der Waals surface area (Å²) in [7, 11) is 0. The van der Waals surface area contributed by atoms with E-state index < -0.39 is 0 Å². The van der Waals surface area contributed by atoms with Gasteiger partial charge in [-0.1, -0.05) is 23.7 Å². The van der Waals surface area contributed by atoms with Gasteiger partial charge in [0.2, 0.25) is 0 Å². The van der Waals surface area contributed by atoms with Gasteiger partial charge in [0, 0.05) is 16.1 Å². The molecule has 0 spiro atoms. The van der Waals surface area contributed by atoms with Crippen LogP contribution in [0.25, 0.3) is 11.1 Å². The highest BCUT2D eigenvalue weighted by molar-refractivity contribution is 6.30. The zero-order chi connectivity index (χ0) is 11.5. The van der Waals surface area contributed by atoms with Crippen molar-refractivity contribution in [2.24, 2.45) is 0 Å². The van der Waals surface area contributed by atoms with E-state index in [1.165, 1.54) is 18.2 Å². The molecule has 0 N–H and O–H groups in total. The molecule has 3 heteroatoms. The normalized spacial score (nSPS) is 10.1. The minimum atomic E-state index is -0.354. The summed E-state index contributed by atoms with van der Waals surface area (Å²) >= 11 is 5.75. The summed E-state index contributed by atoms with van der Waals surface area (Å²) in [6.45, 7) is 0. The monoisotopic (exact) mass is 234 g/mol. The molecule has 0 fully saturated rings. The third-order valence-corrected chi connectivity index (χ3v) is 2.53. The number of hydrogen-bond donors (Lipinski definition) is 0. The van der Waals surface area contributed by atoms with Crippen molar-refractivity contribution in [3.63, 3.8) is 0 Å². The topological polar surface area (TPSA) is 17.1 Å². The van der Waals surface area contributed by atoms with Gasteiger partial charge in [0.25, 0.3) is 0 Å². The number of carbonyl (C=O) groups is 1. The van der Waals surface area contributed by atoms with Crippen LogP contribution in [0.2, 0.25) is 5.02 Å². The van der Waals surface area contributed by atoms with Gasteiger partial charge < -0.3 is 0 Å². The van der Waals surface area contributed by atoms with Crippen molar-refractivity contribution in [1.29, 1.82) is 0 Å². The Morgan fingerprint density at radius 3 is 2.38 bits per heavy atom. The highest BCUT2D eigenvalue weighted by atomic mass is 35.5. The van der Waals surface area contributed by atoms with E-state index in [2.05, 4.69) is 0 Å². The number of aldehydes is 1. The third kappa shape index (κ3) is 2.12. The fraction of sp³-hybridized carbons (Fsp3) is 0. The molecule has 16 heavy (non-hydrogen) atoms. The van der Waals surface area contributed by atoms with Crippen molar-refractivity contribution in [2.45, 2.75) is 0 Å². The molecule has 0 unspecified atom stereocenters. The SMILES string of the molecule is O=Cc1ccc(F)c(-c2ccc(Cl)cc2)c1. The minimum Gasteiger partial charge on any atom is -0.298 e. The number of hydrogen-bond acceptors (Lipinski definition) is 1. The van der Waals surface area contributed by atoms with Crippen molar-refractivity contribution in [1.82, 2.24) is 0 Å². The zero-order valence-corrected chi connectivity index (χ0v) is 9.04. The Morgan fingerprint density at radius 1 is 1.06 bits per heavy atom. The molecule has 80 valence electrons. The molecule has 0 aromatic heterocycles. The van der Waals surface area contributed by atoms with Crippen molar-refractivity contribution < 1.29 is 9.18 Å². The fourth-order valence-electron chi connectivity index (χ4n) is 1.47. The Morgan fingerprint density at radius 2 is 1.75 bits per heavy atom. The number of rotatable bonds is 2. The molecule has 0 atom stereocenters. The minimum absolute atomic E-state index is 0.354. The Bertz CT molecular complexity index is 520. The van der Waals surface area contributed by atoms with Crippen LogP contribution < -0.4 is 0 Å². The van der Waals surface area contributed by atoms with Crippen LogP contribution >= 0.6 is 11.6 Å². The largest absolute Gasteiger partial charge is 0.298 e. The second kappa shape index (κ2) is 4.45. The molecule has 0 aliphatic heterocycles. The summed E-state index contributed by atoms with van der Waals surface area (Å²) in [6, 6.07) is 11.1. The van der Waals surface area contributed by atoms with Gasteiger partial charge in [0.1, 0.15) is 12.1 Å². The maximum absolute atomic E-state index is 13.5. The Labute approximate surface area is 97.5 Å². The Kier molecular flexibility index (Phi) is 3.02. The van der Waals surface area contributed by atoms with Crippen molar-refractivity contribution in [3.05, 3.63) is 58.9 Å². The van der Waals surface area contributed by atoms with Crippen LogP contribution in [0.5, 0.6) is 0 Å². The first-order chi connectivity index (χ1) is 7.70. The molecule has 0 amide bonds. The number of halogens is 2. The molecular formula is C13H8ClFO. The highest BCUT2D eigenvalue weighted by Gasteiger charge is 2.05. The first-order valence-electron chi connectivity index (χ1n) is 4.71. The standard InChI is InChI=1S/C13H8ClFO/c14-11-4-2-10(3-5-11)12-7-9(8-16)1-6-13(12)15/h1-8H. The lowest BCUT2D eigenvalue weighted by atomic mass is 10.0. The average molecular weight is 235 g/mol. The van der Waals surface area contributed by atoms with Crippen molar-refractivity contribution in [3.8, 4) is 11.1 Å². The summed E-state index contributed by atoms with van der Waals surface area (Å²) < 4.78 is 13.5. The van der Waals surface area contributed by atoms with Crippen LogP contribution in [0.1, 0.15) is 10.4 Å². The molecule has 0 saturated carbocycles. The van der Waals surface area contributed by atoms with E-state index in [1.807, 2.05) is 0 Å². The fourth-order valence-corrected chi connectivity index (χ4v) is 1.59. The lowest BCUT2D eigenvalue weighted by molar-refractivity contribution is 0.112. The molecule has 0 heterocycles. The van der Waals surface area contributed by atoms with Gasteiger partial charge in [-0.15, -0.1) is 0 Å². The molecule has 2 aromatic rings. The first kappa shape index (κ1) is 10.8. The molecule has 0 saturated heterocycles. The maximum atomic E-state index is 13.5. The summed E-state index contributed by atoms with van der Waals surface area (Å²) in [4.78, 5) is 10.6. The van der Waals surface area contributed by atoms with Gasteiger partial charge in [-0.05, 0) is 35.9 Å². The summed E-state index contributed by atoms with van der Waals surface area (Å²) in [5, 5.41) is 0.593. The van der Waals surface area contributed by atoms with Crippen LogP contribution in [0, 0.1) is 5.82 Å². The maximum Gasteiger partial charge on any atom is 0.150 e. The van der Waals surface area contributed by atoms with Gasteiger partial charge >= 0.3 is 0 Å². The molecule has 2 aromatic carbocycles. The van der Waals surface area contributed by atoms with Crippen molar-refractivity contribution >= 4 is 17.9 Å². The van der Waals surface area contributed by atoms with E-state index in [0.717, 1.165) is 0 Å². The van der Waals surface area contributed by atoms with E-state index in [4.69, 9.17) is 11.6 Å². The van der Waals surface area contributed by atoms with E-state index >= 15 is 0 Å². The lowest BCUT2D eigenvalue weighted by Gasteiger charge is -2.04. The van der Waals surface area contributed by atoms with E-state index in [1.54, 1.807) is 24.3 Å². The van der Waals surface area contributed by atoms with Crippen LogP contribution in [0.15, 0.2) is 42.5 Å². The van der Waals surface area contributed by atoms with Gasteiger partial charge in [-0.3, -0.25) is 4.79 Å². The second-order valence-electron chi connectivity index (χ2n) is 3.36. The molecule has 2 rings (SSSR count). The zero-order valence-electron chi connectivity index (χ0n) is 8.28. The summed E-state index contributed by atoms with van der Waals surface area (Å²) in [5.74, 6) is -0.354. The smallest absolute Gasteiger partial charge is 0.150 e. The van der Waals surface area contributed by atoms with E-state index in [9.17, 15) is 9.18 Å². The predicted molar refractivity (Wildman–Crippen MR) is 62.2 cm³/mol. The van der Waals surface area contributed by atoms with Gasteiger partial charge in [-0.25, -0.2) is 4.39 Å². The molecule has 0 aliphatic carbocycles. The highest BCUT2D eigenvalue weighted by Crippen LogP contribution is 2.24. The van der Waals surface area contributed by atoms with Crippen LogP contribution in [-0.4, -0.2) is 6.29 Å². The predicted octanol–water partition coefficient (Wildman–Crippen LogP) is 3.96. The summed E-state index contributed by atoms with van der Waals surface area (Å²) in [6.07, 6.45) is 0.693. The van der Waals surface area contributed by atoms with Crippen molar-refractivity contribution in [2.75, 3.05) is 0 Å². The van der Waals surface area contributed by atoms with Gasteiger partial charge in [0.05, 0.1) is 0 Å². The van der Waals surface area contributed by atoms with Gasteiger partial charge in [-0.2, -0.15) is 0 Å². The Hall–Kier alpha value is -1.67. The van der Waals surface area contributed by atoms with Gasteiger partial charge in [0.15, 0.2) is 0 Å². The molecule has 0 bridgehead atoms. The second-order valence-corrected chi connectivity index (χ2v) is 3.80. The summed E-state index contributed by atoms with van der Waals surface area (Å²) in [5.41, 5.74) is 1.55. The molecule has 1 nitrogen and oxygen atoms in total. The third-order valence-electron chi connectivity index (χ3n) is 2.28. The molecule has 0 radical (unpaired) electrons. The lowest BCUT2D eigenvalue weighted by Crippen LogP contribution is -1.87. The number of benzene rings is 2. The average Bonchev–Trinajstić information content (AvgIpc) is 2.31. The number of carbonyl (C=O) groups excluding carboxylic acids is 1. The van der Waals surface area contributed by atoms with Crippen LogP contribution in [0.4, 0.5) is 4.39 Å². The molecule has 0 aliphatic rings. The van der Waals surface area contributed by atoms with E-state index in [0.29, 0.717) is 28.0 Å². The first-order valence-corrected chi connectivity index (χ1v) is 5.09. The van der Waals surface area contributed by atoms with Crippen LogP contribution in [-0.2, 0) is 0 Å². The van der Waals surface area contributed by atoms with E-state index in [-0.39, 0.29) is 5.82 Å².